The second kappa shape index (κ2) is 10.7. The van der Waals surface area contributed by atoms with Gasteiger partial charge in [0.2, 0.25) is 0 Å². The molecule has 0 N–H and O–H groups in total. The van der Waals surface area contributed by atoms with Gasteiger partial charge in [0, 0.05) is 42.3 Å². The molecule has 144 valence electrons. The summed E-state index contributed by atoms with van der Waals surface area (Å²) in [6, 6.07) is 10.6. The van der Waals surface area contributed by atoms with Gasteiger partial charge in [0.25, 0.3) is 0 Å². The molecule has 1 aromatic heterocycles. The molecule has 0 radical (unpaired) electrons. The number of nitrogens with zero attached hydrogens (tertiary/aromatic N) is 3. The summed E-state index contributed by atoms with van der Waals surface area (Å²) >= 11 is 0. The molecule has 3 nitrogen and oxygen atoms in total. The van der Waals surface area contributed by atoms with Crippen LogP contribution in [0.2, 0.25) is 0 Å². The van der Waals surface area contributed by atoms with Crippen molar-refractivity contribution >= 4 is 5.69 Å². The molecule has 0 bridgehead atoms. The first kappa shape index (κ1) is 21.0. The quantitative estimate of drug-likeness (QED) is 0.599. The lowest BCUT2D eigenvalue weighted by atomic mass is 9.95. The van der Waals surface area contributed by atoms with Gasteiger partial charge in [-0.1, -0.05) is 45.6 Å². The Bertz CT molecular complexity index is 752. The number of aryl methyl sites for hydroxylation is 2. The fraction of sp³-hybridized carbons (Fsp3) is 0.500. The normalized spacial score (nSPS) is 13.1. The van der Waals surface area contributed by atoms with E-state index in [-0.39, 0.29) is 0 Å². The fourth-order valence-corrected chi connectivity index (χ4v) is 3.43. The van der Waals surface area contributed by atoms with Crippen LogP contribution in [0.5, 0.6) is 0 Å². The molecular weight excluding hydrogens is 330 g/mol. The van der Waals surface area contributed by atoms with E-state index in [0.29, 0.717) is 0 Å². The summed E-state index contributed by atoms with van der Waals surface area (Å²) in [5.41, 5.74) is 6.28. The van der Waals surface area contributed by atoms with Crippen molar-refractivity contribution < 1.29 is 0 Å². The first-order chi connectivity index (χ1) is 13.1. The van der Waals surface area contributed by atoms with E-state index < -0.39 is 0 Å². The maximum absolute atomic E-state index is 9.50. The van der Waals surface area contributed by atoms with Crippen LogP contribution in [0.4, 0.5) is 5.69 Å². The third-order valence-corrected chi connectivity index (χ3v) is 5.12. The molecule has 1 aromatic carbocycles. The highest BCUT2D eigenvalue weighted by Gasteiger charge is 2.16. The van der Waals surface area contributed by atoms with Crippen molar-refractivity contribution in [3.8, 4) is 17.2 Å². The smallest absolute Gasteiger partial charge is 0.0998 e. The molecule has 2 heterocycles. The Morgan fingerprint density at radius 2 is 1.85 bits per heavy atom. The van der Waals surface area contributed by atoms with Crippen LogP contribution >= 0.6 is 0 Å². The van der Waals surface area contributed by atoms with E-state index in [4.69, 9.17) is 0 Å². The first-order valence-corrected chi connectivity index (χ1v) is 10.3. The number of pyridine rings is 1. The molecule has 0 aliphatic carbocycles. The van der Waals surface area contributed by atoms with Crippen LogP contribution in [0.3, 0.4) is 0 Å². The minimum absolute atomic E-state index is 0.730. The number of fused-ring (bicyclic) bond motifs is 1. The summed E-state index contributed by atoms with van der Waals surface area (Å²) < 4.78 is 0. The van der Waals surface area contributed by atoms with Crippen LogP contribution in [0.1, 0.15) is 69.2 Å². The van der Waals surface area contributed by atoms with E-state index in [2.05, 4.69) is 42.9 Å². The maximum atomic E-state index is 9.50. The van der Waals surface area contributed by atoms with Crippen molar-refractivity contribution in [3.63, 3.8) is 0 Å². The van der Waals surface area contributed by atoms with Crippen molar-refractivity contribution in [2.75, 3.05) is 18.5 Å². The average molecular weight is 364 g/mol. The van der Waals surface area contributed by atoms with Crippen molar-refractivity contribution in [3.05, 3.63) is 47.3 Å². The molecule has 0 saturated heterocycles. The molecule has 2 aromatic rings. The molecule has 0 atom stereocenters. The molecule has 0 amide bonds. The van der Waals surface area contributed by atoms with Gasteiger partial charge in [-0.15, -0.1) is 0 Å². The van der Waals surface area contributed by atoms with Gasteiger partial charge in [-0.3, -0.25) is 4.98 Å². The standard InChI is InChI=1S/C18H19N3.C6H14/c1-13-6-7-15(12-20-13)17-9-14-5-3-4-8-21(2)18(14)10-16(17)11-19;1-3-5-6-4-2/h6-7,9-10,12H,3-5,8H2,1-2H3;3-6H2,1-2H3. The zero-order valence-corrected chi connectivity index (χ0v) is 17.4. The van der Waals surface area contributed by atoms with Crippen molar-refractivity contribution in [1.82, 2.24) is 4.98 Å². The van der Waals surface area contributed by atoms with Gasteiger partial charge in [0.05, 0.1) is 11.6 Å². The Hall–Kier alpha value is -2.34. The number of aromatic nitrogens is 1. The summed E-state index contributed by atoms with van der Waals surface area (Å²) in [6.07, 6.45) is 10.9. The van der Waals surface area contributed by atoms with Crippen molar-refractivity contribution in [2.24, 2.45) is 0 Å². The highest BCUT2D eigenvalue weighted by Crippen LogP contribution is 2.33. The van der Waals surface area contributed by atoms with Gasteiger partial charge >= 0.3 is 0 Å². The largest absolute Gasteiger partial charge is 0.374 e. The monoisotopic (exact) mass is 363 g/mol. The minimum atomic E-state index is 0.730. The van der Waals surface area contributed by atoms with Crippen LogP contribution in [0.25, 0.3) is 11.1 Å². The van der Waals surface area contributed by atoms with Gasteiger partial charge in [-0.25, -0.2) is 0 Å². The van der Waals surface area contributed by atoms with Crippen molar-refractivity contribution in [2.45, 2.75) is 65.7 Å². The summed E-state index contributed by atoms with van der Waals surface area (Å²) in [5, 5.41) is 9.50. The number of hydrogen-bond donors (Lipinski definition) is 0. The second-order valence-corrected chi connectivity index (χ2v) is 7.41. The van der Waals surface area contributed by atoms with E-state index in [9.17, 15) is 5.26 Å². The zero-order chi connectivity index (χ0) is 19.6. The summed E-state index contributed by atoms with van der Waals surface area (Å²) in [4.78, 5) is 6.62. The SMILES string of the molecule is CCCCCC.Cc1ccc(-c2cc3c(cc2C#N)N(C)CCCC3)cn1. The van der Waals surface area contributed by atoms with Gasteiger partial charge in [-0.05, 0) is 49.9 Å². The number of hydrogen-bond acceptors (Lipinski definition) is 3. The van der Waals surface area contributed by atoms with Gasteiger partial charge in [-0.2, -0.15) is 5.26 Å². The summed E-state index contributed by atoms with van der Waals surface area (Å²) in [5.74, 6) is 0. The molecule has 0 spiro atoms. The summed E-state index contributed by atoms with van der Waals surface area (Å²) in [6.45, 7) is 7.50. The summed E-state index contributed by atoms with van der Waals surface area (Å²) in [7, 11) is 2.11. The third-order valence-electron chi connectivity index (χ3n) is 5.12. The highest BCUT2D eigenvalue weighted by atomic mass is 15.1. The third kappa shape index (κ3) is 5.82. The number of anilines is 1. The fourth-order valence-electron chi connectivity index (χ4n) is 3.43. The van der Waals surface area contributed by atoms with E-state index in [1.54, 1.807) is 0 Å². The predicted octanol–water partition coefficient (Wildman–Crippen LogP) is 6.29. The Morgan fingerprint density at radius 1 is 1.11 bits per heavy atom. The zero-order valence-electron chi connectivity index (χ0n) is 17.4. The maximum Gasteiger partial charge on any atom is 0.0998 e. The van der Waals surface area contributed by atoms with E-state index in [0.717, 1.165) is 35.3 Å². The van der Waals surface area contributed by atoms with E-state index >= 15 is 0 Å². The number of benzene rings is 1. The van der Waals surface area contributed by atoms with Gasteiger partial charge in [0.1, 0.15) is 0 Å². The first-order valence-electron chi connectivity index (χ1n) is 10.3. The van der Waals surface area contributed by atoms with Crippen LogP contribution in [-0.2, 0) is 6.42 Å². The number of nitriles is 1. The molecule has 3 rings (SSSR count). The lowest BCUT2D eigenvalue weighted by Crippen LogP contribution is -2.17. The molecule has 27 heavy (non-hydrogen) atoms. The lowest BCUT2D eigenvalue weighted by molar-refractivity contribution is 0.702. The Labute approximate surface area is 165 Å². The molecule has 0 fully saturated rings. The molecule has 0 unspecified atom stereocenters. The molecule has 0 saturated carbocycles. The van der Waals surface area contributed by atoms with Gasteiger partial charge < -0.3 is 4.90 Å². The average Bonchev–Trinajstić information content (AvgIpc) is 2.87. The second-order valence-electron chi connectivity index (χ2n) is 7.41. The van der Waals surface area contributed by atoms with Crippen LogP contribution in [-0.4, -0.2) is 18.6 Å². The Morgan fingerprint density at radius 3 is 2.44 bits per heavy atom. The van der Waals surface area contributed by atoms with Crippen LogP contribution < -0.4 is 4.90 Å². The molecule has 1 aliphatic heterocycles. The van der Waals surface area contributed by atoms with E-state index in [1.165, 1.54) is 49.8 Å². The van der Waals surface area contributed by atoms with E-state index in [1.807, 2.05) is 31.3 Å². The number of rotatable bonds is 4. The topological polar surface area (TPSA) is 39.9 Å². The highest BCUT2D eigenvalue weighted by molar-refractivity contribution is 5.75. The lowest BCUT2D eigenvalue weighted by Gasteiger charge is -2.20. The molecule has 3 heteroatoms. The van der Waals surface area contributed by atoms with Crippen LogP contribution in [0.15, 0.2) is 30.5 Å². The minimum Gasteiger partial charge on any atom is -0.374 e. The molecule has 1 aliphatic rings. The van der Waals surface area contributed by atoms with Crippen LogP contribution in [0, 0.1) is 18.3 Å². The van der Waals surface area contributed by atoms with Gasteiger partial charge in [0.15, 0.2) is 0 Å². The van der Waals surface area contributed by atoms with Crippen molar-refractivity contribution in [1.29, 1.82) is 5.26 Å². The Kier molecular flexibility index (Phi) is 8.33. The molecular formula is C24H33N3. The Balaban J connectivity index is 0.000000380. The predicted molar refractivity (Wildman–Crippen MR) is 115 cm³/mol. The number of unbranched alkanes of at least 4 members (excludes halogenated alkanes) is 3.